The number of aliphatic carboxylic acids is 1. The van der Waals surface area contributed by atoms with Crippen LogP contribution in [-0.4, -0.2) is 80.6 Å². The standard InChI is InChI=1S/C46H67NO7/c1-6-8-10-12-14-16-18-20-21-22-23-25-26-28-30-32-34-36-44(48)53-41-42(40-52-39-38-43(46(50)51)47(3,4)5)54-45(49)37-35-33-31-29-27-24-19-17-15-13-11-9-7-2/h8-27,29,31,42-43H,6-7,28,30,32-41H2,1-5H3/p+1/b10-8+,11-9+,14-12+,15-13+,18-16+,19-17+,21-20+,23-22+,26-25+,27-24+,31-29+. The summed E-state index contributed by atoms with van der Waals surface area (Å²) in [5.41, 5.74) is 0. The molecule has 0 amide bonds. The zero-order valence-corrected chi connectivity index (χ0v) is 33.6. The molecule has 0 bridgehead atoms. The van der Waals surface area contributed by atoms with Crippen LogP contribution in [0.3, 0.4) is 0 Å². The number of hydrogen-bond donors (Lipinski definition) is 1. The Morgan fingerprint density at radius 2 is 1.00 bits per heavy atom. The average molecular weight is 747 g/mol. The molecule has 0 spiro atoms. The van der Waals surface area contributed by atoms with Gasteiger partial charge in [-0.1, -0.05) is 154 Å². The second-order valence-electron chi connectivity index (χ2n) is 13.3. The van der Waals surface area contributed by atoms with Crippen molar-refractivity contribution in [2.75, 3.05) is 41.0 Å². The maximum Gasteiger partial charge on any atom is 0.362 e. The van der Waals surface area contributed by atoms with Gasteiger partial charge in [0.2, 0.25) is 0 Å². The van der Waals surface area contributed by atoms with Crippen LogP contribution in [0.5, 0.6) is 0 Å². The van der Waals surface area contributed by atoms with Crippen LogP contribution >= 0.6 is 0 Å². The van der Waals surface area contributed by atoms with E-state index in [4.69, 9.17) is 14.2 Å². The van der Waals surface area contributed by atoms with Crippen molar-refractivity contribution in [3.63, 3.8) is 0 Å². The number of carbonyl (C=O) groups is 3. The number of rotatable bonds is 31. The molecule has 0 saturated heterocycles. The first-order valence-electron chi connectivity index (χ1n) is 19.4. The van der Waals surface area contributed by atoms with Crippen molar-refractivity contribution in [2.45, 2.75) is 96.6 Å². The lowest BCUT2D eigenvalue weighted by atomic mass is 10.1. The lowest BCUT2D eigenvalue weighted by molar-refractivity contribution is -0.887. The minimum Gasteiger partial charge on any atom is -0.477 e. The van der Waals surface area contributed by atoms with Gasteiger partial charge in [0.1, 0.15) is 6.61 Å². The van der Waals surface area contributed by atoms with Gasteiger partial charge >= 0.3 is 17.9 Å². The van der Waals surface area contributed by atoms with E-state index >= 15 is 0 Å². The lowest BCUT2D eigenvalue weighted by Crippen LogP contribution is -2.50. The fourth-order valence-corrected chi connectivity index (χ4v) is 4.62. The van der Waals surface area contributed by atoms with Crippen molar-refractivity contribution in [1.82, 2.24) is 0 Å². The Hall–Kier alpha value is -4.53. The molecule has 298 valence electrons. The molecule has 0 aliphatic rings. The number of hydrogen-bond acceptors (Lipinski definition) is 6. The Kier molecular flexibility index (Phi) is 32.5. The van der Waals surface area contributed by atoms with Gasteiger partial charge in [-0.25, -0.2) is 4.79 Å². The van der Waals surface area contributed by atoms with E-state index in [2.05, 4.69) is 32.1 Å². The van der Waals surface area contributed by atoms with Gasteiger partial charge in [-0.15, -0.1) is 0 Å². The molecule has 54 heavy (non-hydrogen) atoms. The van der Waals surface area contributed by atoms with Crippen LogP contribution in [0.25, 0.3) is 0 Å². The van der Waals surface area contributed by atoms with Gasteiger partial charge in [-0.2, -0.15) is 0 Å². The molecule has 2 unspecified atom stereocenters. The highest BCUT2D eigenvalue weighted by Crippen LogP contribution is 2.10. The molecule has 0 aromatic carbocycles. The number of nitrogens with zero attached hydrogens (tertiary/aromatic N) is 1. The fraction of sp³-hybridized carbons (Fsp3) is 0.457. The third kappa shape index (κ3) is 33.3. The Morgan fingerprint density at radius 3 is 1.46 bits per heavy atom. The number of esters is 2. The van der Waals surface area contributed by atoms with Crippen molar-refractivity contribution >= 4 is 17.9 Å². The van der Waals surface area contributed by atoms with Crippen molar-refractivity contribution in [3.8, 4) is 0 Å². The smallest absolute Gasteiger partial charge is 0.362 e. The summed E-state index contributed by atoms with van der Waals surface area (Å²) >= 11 is 0. The third-order valence-corrected chi connectivity index (χ3v) is 7.58. The van der Waals surface area contributed by atoms with E-state index in [1.54, 1.807) is 0 Å². The Labute approximate surface area is 326 Å². The normalized spacial score (nSPS) is 14.5. The number of ether oxygens (including phenoxy) is 3. The molecular formula is C46H68NO7+. The Bertz CT molecular complexity index is 1330. The van der Waals surface area contributed by atoms with Crippen LogP contribution in [0.2, 0.25) is 0 Å². The SMILES string of the molecule is CC/C=C/C=C/C=C/C=C/C=C/C=C/CCCCCC(=O)OCC(COCCC(C(=O)O)[N+](C)(C)C)OC(=O)CCC/C=C/C=C/C=C/C=C/C=C/CC. The summed E-state index contributed by atoms with van der Waals surface area (Å²) < 4.78 is 17.1. The average Bonchev–Trinajstić information content (AvgIpc) is 3.12. The second kappa shape index (κ2) is 35.5. The van der Waals surface area contributed by atoms with Crippen molar-refractivity contribution in [1.29, 1.82) is 0 Å². The molecule has 8 heteroatoms. The highest BCUT2D eigenvalue weighted by atomic mass is 16.6. The monoisotopic (exact) mass is 746 g/mol. The molecule has 0 fully saturated rings. The van der Waals surface area contributed by atoms with Crippen LogP contribution < -0.4 is 0 Å². The molecule has 0 aliphatic carbocycles. The van der Waals surface area contributed by atoms with Gasteiger partial charge in [0.15, 0.2) is 12.1 Å². The van der Waals surface area contributed by atoms with Gasteiger partial charge in [0, 0.05) is 19.3 Å². The second-order valence-corrected chi connectivity index (χ2v) is 13.3. The molecule has 0 heterocycles. The van der Waals surface area contributed by atoms with Crippen molar-refractivity contribution < 1.29 is 38.2 Å². The van der Waals surface area contributed by atoms with Crippen LogP contribution in [-0.2, 0) is 28.6 Å². The summed E-state index contributed by atoms with van der Waals surface area (Å²) in [6.45, 7) is 4.26. The molecule has 0 aromatic rings. The molecule has 0 saturated carbocycles. The minimum atomic E-state index is -0.902. The Balaban J connectivity index is 4.66. The van der Waals surface area contributed by atoms with E-state index in [9.17, 15) is 19.5 Å². The van der Waals surface area contributed by atoms with Gasteiger partial charge in [-0.05, 0) is 44.9 Å². The Morgan fingerprint density at radius 1 is 0.556 bits per heavy atom. The van der Waals surface area contributed by atoms with E-state index in [-0.39, 0.29) is 43.1 Å². The van der Waals surface area contributed by atoms with Gasteiger partial charge < -0.3 is 23.8 Å². The number of likely N-dealkylation sites (N-methyl/N-ethyl adjacent to an activating group) is 1. The zero-order chi connectivity index (χ0) is 40.0. The number of carbonyl (C=O) groups excluding carboxylic acids is 2. The number of carboxylic acid groups (broad SMARTS) is 1. The molecule has 0 radical (unpaired) electrons. The maximum atomic E-state index is 12.6. The topological polar surface area (TPSA) is 99.1 Å². The number of quaternary nitrogens is 1. The zero-order valence-electron chi connectivity index (χ0n) is 33.6. The first kappa shape index (κ1) is 49.5. The summed E-state index contributed by atoms with van der Waals surface area (Å²) in [4.78, 5) is 36.8. The van der Waals surface area contributed by atoms with Crippen molar-refractivity contribution in [3.05, 3.63) is 134 Å². The van der Waals surface area contributed by atoms with Crippen LogP contribution in [0.15, 0.2) is 134 Å². The number of allylic oxidation sites excluding steroid dienone is 22. The molecule has 1 N–H and O–H groups in total. The number of carboxylic acids is 1. The first-order chi connectivity index (χ1) is 26.1. The summed E-state index contributed by atoms with van der Waals surface area (Å²) in [6, 6.07) is -0.643. The predicted molar refractivity (Wildman–Crippen MR) is 224 cm³/mol. The van der Waals surface area contributed by atoms with E-state index < -0.39 is 24.1 Å². The highest BCUT2D eigenvalue weighted by molar-refractivity contribution is 5.72. The van der Waals surface area contributed by atoms with Crippen molar-refractivity contribution in [2.24, 2.45) is 0 Å². The summed E-state index contributed by atoms with van der Waals surface area (Å²) in [7, 11) is 5.45. The van der Waals surface area contributed by atoms with Gasteiger partial charge in [0.05, 0.1) is 34.4 Å². The van der Waals surface area contributed by atoms with Crippen LogP contribution in [0.4, 0.5) is 0 Å². The van der Waals surface area contributed by atoms with Gasteiger partial charge in [0.25, 0.3) is 0 Å². The van der Waals surface area contributed by atoms with E-state index in [1.165, 1.54) is 0 Å². The van der Waals surface area contributed by atoms with E-state index in [1.807, 2.05) is 137 Å². The molecule has 0 rings (SSSR count). The summed E-state index contributed by atoms with van der Waals surface area (Å²) in [6.07, 6.45) is 50.8. The maximum absolute atomic E-state index is 12.6. The molecule has 8 nitrogen and oxygen atoms in total. The fourth-order valence-electron chi connectivity index (χ4n) is 4.62. The van der Waals surface area contributed by atoms with E-state index in [0.29, 0.717) is 25.7 Å². The molecule has 0 aliphatic heterocycles. The third-order valence-electron chi connectivity index (χ3n) is 7.58. The van der Waals surface area contributed by atoms with Crippen LogP contribution in [0.1, 0.15) is 84.5 Å². The first-order valence-corrected chi connectivity index (χ1v) is 19.4. The predicted octanol–water partition coefficient (Wildman–Crippen LogP) is 10.1. The summed E-state index contributed by atoms with van der Waals surface area (Å²) in [5, 5.41) is 9.59. The molecular weight excluding hydrogens is 679 g/mol. The largest absolute Gasteiger partial charge is 0.477 e. The minimum absolute atomic E-state index is 0.00630. The van der Waals surface area contributed by atoms with Crippen LogP contribution in [0, 0.1) is 0 Å². The van der Waals surface area contributed by atoms with Gasteiger partial charge in [-0.3, -0.25) is 9.59 Å². The molecule has 2 atom stereocenters. The summed E-state index contributed by atoms with van der Waals surface area (Å²) in [5.74, 6) is -1.65. The van der Waals surface area contributed by atoms with E-state index in [0.717, 1.165) is 32.1 Å². The quantitative estimate of drug-likeness (QED) is 0.0326. The number of unbranched alkanes of at least 4 members (excludes halogenated alkanes) is 4. The highest BCUT2D eigenvalue weighted by Gasteiger charge is 2.31. The lowest BCUT2D eigenvalue weighted by Gasteiger charge is -2.31. The molecule has 0 aromatic heterocycles.